The Balaban J connectivity index is 1.31. The Morgan fingerprint density at radius 1 is 0.879 bits per heavy atom. The third kappa shape index (κ3) is 5.74. The van der Waals surface area contributed by atoms with Gasteiger partial charge in [0.15, 0.2) is 0 Å². The molecule has 1 saturated heterocycles. The number of pyridine rings is 1. The Morgan fingerprint density at radius 3 is 2.33 bits per heavy atom. The van der Waals surface area contributed by atoms with Crippen LogP contribution in [0.25, 0.3) is 0 Å². The maximum atomic E-state index is 14.0. The van der Waals surface area contributed by atoms with Gasteiger partial charge >= 0.3 is 0 Å². The number of nitrogens with zero attached hydrogens (tertiary/aromatic N) is 3. The Kier molecular flexibility index (Phi) is 7.29. The van der Waals surface area contributed by atoms with Crippen molar-refractivity contribution in [2.45, 2.75) is 19.3 Å². The number of hydrogen-bond acceptors (Lipinski definition) is 4. The smallest absolute Gasteiger partial charge is 0.257 e. The summed E-state index contributed by atoms with van der Waals surface area (Å²) < 4.78 is 14.0. The summed E-state index contributed by atoms with van der Waals surface area (Å²) in [6.07, 6.45) is 3.75. The van der Waals surface area contributed by atoms with E-state index in [9.17, 15) is 14.0 Å². The zero-order valence-corrected chi connectivity index (χ0v) is 18.4. The number of nitrogens with one attached hydrogen (secondary N) is 1. The highest BCUT2D eigenvalue weighted by atomic mass is 19.1. The topological polar surface area (TPSA) is 65.5 Å². The number of hydrogen-bond donors (Lipinski definition) is 1. The molecule has 33 heavy (non-hydrogen) atoms. The summed E-state index contributed by atoms with van der Waals surface area (Å²) in [6.45, 7) is 1.92. The minimum Gasteiger partial charge on any atom is -0.339 e. The number of carbonyl (C=O) groups excluding carboxylic acids is 2. The fraction of sp³-hybridized carbons (Fsp3) is 0.269. The van der Waals surface area contributed by atoms with Crippen LogP contribution in [0, 0.1) is 5.82 Å². The SMILES string of the molecule is O=C(CCCc1ccccc1)N1CCN(C(=O)c2cccnc2Nc2ccccc2F)CC1. The molecule has 6 nitrogen and oxygen atoms in total. The van der Waals surface area contributed by atoms with Crippen LogP contribution in [0.3, 0.4) is 0 Å². The van der Waals surface area contributed by atoms with E-state index in [1.54, 1.807) is 41.4 Å². The van der Waals surface area contributed by atoms with Gasteiger partial charge in [-0.1, -0.05) is 42.5 Å². The predicted molar refractivity (Wildman–Crippen MR) is 126 cm³/mol. The van der Waals surface area contributed by atoms with Crippen LogP contribution in [-0.2, 0) is 11.2 Å². The minimum atomic E-state index is -0.416. The molecular formula is C26H27FN4O2. The quantitative estimate of drug-likeness (QED) is 0.589. The van der Waals surface area contributed by atoms with E-state index < -0.39 is 5.82 Å². The largest absolute Gasteiger partial charge is 0.339 e. The van der Waals surface area contributed by atoms with E-state index in [4.69, 9.17) is 0 Å². The summed E-state index contributed by atoms with van der Waals surface area (Å²) in [5.41, 5.74) is 1.87. The molecule has 1 aromatic heterocycles. The molecule has 0 saturated carbocycles. The number of aromatic nitrogens is 1. The van der Waals surface area contributed by atoms with Crippen LogP contribution in [0.2, 0.25) is 0 Å². The van der Waals surface area contributed by atoms with E-state index in [0.717, 1.165) is 12.8 Å². The predicted octanol–water partition coefficient (Wildman–Crippen LogP) is 4.27. The molecule has 1 aliphatic heterocycles. The van der Waals surface area contributed by atoms with E-state index in [0.29, 0.717) is 44.0 Å². The molecule has 4 rings (SSSR count). The summed E-state index contributed by atoms with van der Waals surface area (Å²) in [5, 5.41) is 2.93. The number of amides is 2. The van der Waals surface area contributed by atoms with Gasteiger partial charge in [-0.25, -0.2) is 9.37 Å². The number of piperazine rings is 1. The summed E-state index contributed by atoms with van der Waals surface area (Å²) in [5.74, 6) is -0.160. The molecule has 0 unspecified atom stereocenters. The third-order valence-corrected chi connectivity index (χ3v) is 5.78. The van der Waals surface area contributed by atoms with Gasteiger partial charge in [0, 0.05) is 38.8 Å². The summed E-state index contributed by atoms with van der Waals surface area (Å²) >= 11 is 0. The fourth-order valence-electron chi connectivity index (χ4n) is 3.94. The molecule has 1 N–H and O–H groups in total. The van der Waals surface area contributed by atoms with Gasteiger partial charge in [0.25, 0.3) is 5.91 Å². The lowest BCUT2D eigenvalue weighted by atomic mass is 10.1. The number of carbonyl (C=O) groups is 2. The number of anilines is 2. The Bertz CT molecular complexity index is 1100. The van der Waals surface area contributed by atoms with Crippen molar-refractivity contribution >= 4 is 23.3 Å². The molecule has 1 fully saturated rings. The van der Waals surface area contributed by atoms with E-state index >= 15 is 0 Å². The van der Waals surface area contributed by atoms with E-state index in [1.807, 2.05) is 23.1 Å². The highest BCUT2D eigenvalue weighted by Gasteiger charge is 2.26. The Morgan fingerprint density at radius 2 is 1.58 bits per heavy atom. The first-order valence-electron chi connectivity index (χ1n) is 11.2. The van der Waals surface area contributed by atoms with Gasteiger partial charge in [0.05, 0.1) is 11.3 Å². The van der Waals surface area contributed by atoms with Gasteiger partial charge in [0.2, 0.25) is 5.91 Å². The molecular weight excluding hydrogens is 419 g/mol. The second-order valence-electron chi connectivity index (χ2n) is 8.02. The molecule has 0 aliphatic carbocycles. The maximum absolute atomic E-state index is 14.0. The average molecular weight is 447 g/mol. The van der Waals surface area contributed by atoms with Gasteiger partial charge in [-0.3, -0.25) is 9.59 Å². The zero-order valence-electron chi connectivity index (χ0n) is 18.4. The normalized spacial score (nSPS) is 13.6. The maximum Gasteiger partial charge on any atom is 0.257 e. The number of aryl methyl sites for hydroxylation is 1. The van der Waals surface area contributed by atoms with Gasteiger partial charge in [-0.2, -0.15) is 0 Å². The lowest BCUT2D eigenvalue weighted by Gasteiger charge is -2.35. The molecule has 0 spiro atoms. The van der Waals surface area contributed by atoms with Crippen molar-refractivity contribution in [1.29, 1.82) is 0 Å². The van der Waals surface area contributed by atoms with Crippen LogP contribution >= 0.6 is 0 Å². The van der Waals surface area contributed by atoms with Crippen LogP contribution in [0.15, 0.2) is 72.9 Å². The minimum absolute atomic E-state index is 0.126. The van der Waals surface area contributed by atoms with Crippen LogP contribution in [-0.4, -0.2) is 52.8 Å². The van der Waals surface area contributed by atoms with Crippen LogP contribution < -0.4 is 5.32 Å². The molecule has 3 aromatic rings. The van der Waals surface area contributed by atoms with Gasteiger partial charge in [0.1, 0.15) is 11.6 Å². The standard InChI is InChI=1S/C26H27FN4O2/c27-22-12-4-5-13-23(22)29-25-21(11-7-15-28-25)26(33)31-18-16-30(17-19-31)24(32)14-6-10-20-8-2-1-3-9-20/h1-5,7-9,11-13,15H,6,10,14,16-19H2,(H,28,29). The van der Waals surface area contributed by atoms with Crippen molar-refractivity contribution in [2.75, 3.05) is 31.5 Å². The van der Waals surface area contributed by atoms with E-state index in [2.05, 4.69) is 22.4 Å². The van der Waals surface area contributed by atoms with Crippen molar-refractivity contribution in [3.05, 3.63) is 89.9 Å². The van der Waals surface area contributed by atoms with Gasteiger partial charge in [-0.15, -0.1) is 0 Å². The summed E-state index contributed by atoms with van der Waals surface area (Å²) in [4.78, 5) is 33.5. The summed E-state index contributed by atoms with van der Waals surface area (Å²) in [6, 6.07) is 19.8. The van der Waals surface area contributed by atoms with Crippen LogP contribution in [0.5, 0.6) is 0 Å². The molecule has 0 radical (unpaired) electrons. The first-order valence-corrected chi connectivity index (χ1v) is 11.2. The monoisotopic (exact) mass is 446 g/mol. The lowest BCUT2D eigenvalue weighted by Crippen LogP contribution is -2.50. The number of rotatable bonds is 7. The van der Waals surface area contributed by atoms with Crippen molar-refractivity contribution in [3.8, 4) is 0 Å². The first-order chi connectivity index (χ1) is 16.1. The fourth-order valence-corrected chi connectivity index (χ4v) is 3.94. The molecule has 2 aromatic carbocycles. The number of halogens is 1. The van der Waals surface area contributed by atoms with Gasteiger partial charge < -0.3 is 15.1 Å². The van der Waals surface area contributed by atoms with Crippen molar-refractivity contribution in [1.82, 2.24) is 14.8 Å². The lowest BCUT2D eigenvalue weighted by molar-refractivity contribution is -0.132. The van der Waals surface area contributed by atoms with Crippen LogP contribution in [0.1, 0.15) is 28.8 Å². The number of benzene rings is 2. The van der Waals surface area contributed by atoms with E-state index in [-0.39, 0.29) is 17.5 Å². The van der Waals surface area contributed by atoms with Crippen molar-refractivity contribution in [2.24, 2.45) is 0 Å². The van der Waals surface area contributed by atoms with Crippen molar-refractivity contribution in [3.63, 3.8) is 0 Å². The second-order valence-corrected chi connectivity index (χ2v) is 8.02. The summed E-state index contributed by atoms with van der Waals surface area (Å²) in [7, 11) is 0. The highest BCUT2D eigenvalue weighted by Crippen LogP contribution is 2.22. The Labute approximate surface area is 193 Å². The molecule has 7 heteroatoms. The molecule has 0 bridgehead atoms. The highest BCUT2D eigenvalue weighted by molar-refractivity contribution is 5.99. The molecule has 0 atom stereocenters. The first kappa shape index (κ1) is 22.5. The molecule has 170 valence electrons. The third-order valence-electron chi connectivity index (χ3n) is 5.78. The Hall–Kier alpha value is -3.74. The van der Waals surface area contributed by atoms with Crippen molar-refractivity contribution < 1.29 is 14.0 Å². The van der Waals surface area contributed by atoms with E-state index in [1.165, 1.54) is 11.6 Å². The molecule has 2 heterocycles. The second kappa shape index (κ2) is 10.7. The molecule has 1 aliphatic rings. The van der Waals surface area contributed by atoms with Crippen LogP contribution in [0.4, 0.5) is 15.9 Å². The average Bonchev–Trinajstić information content (AvgIpc) is 2.86. The van der Waals surface area contributed by atoms with Gasteiger partial charge in [-0.05, 0) is 42.7 Å². The molecule has 2 amide bonds. The number of para-hydroxylation sites is 1. The zero-order chi connectivity index (χ0) is 23.0.